The Morgan fingerprint density at radius 1 is 1.44 bits per heavy atom. The van der Waals surface area contributed by atoms with Crippen LogP contribution < -0.4 is 0 Å². The van der Waals surface area contributed by atoms with Gasteiger partial charge in [0, 0.05) is 23.2 Å². The number of hydrogen-bond donors (Lipinski definition) is 1. The zero-order valence-electron chi connectivity index (χ0n) is 10.0. The van der Waals surface area contributed by atoms with Gasteiger partial charge in [0.2, 0.25) is 0 Å². The van der Waals surface area contributed by atoms with E-state index in [1.165, 1.54) is 11.3 Å². The highest BCUT2D eigenvalue weighted by Crippen LogP contribution is 2.35. The molecule has 0 saturated carbocycles. The zero-order chi connectivity index (χ0) is 13.1. The first-order valence-corrected chi connectivity index (χ1v) is 6.95. The van der Waals surface area contributed by atoms with Crippen LogP contribution in [0.5, 0.6) is 0 Å². The highest BCUT2D eigenvalue weighted by Gasteiger charge is 2.21. The maximum atomic E-state index is 12.3. The van der Waals surface area contributed by atoms with Crippen molar-refractivity contribution in [2.45, 2.75) is 6.92 Å². The predicted molar refractivity (Wildman–Crippen MR) is 75.5 cm³/mol. The topological polar surface area (TPSA) is 40.5 Å². The molecule has 0 bridgehead atoms. The molecular formula is C13H14ClNO2S. The van der Waals surface area contributed by atoms with Gasteiger partial charge in [-0.15, -0.1) is 11.3 Å². The van der Waals surface area contributed by atoms with Crippen molar-refractivity contribution < 1.29 is 9.90 Å². The molecule has 0 atom stereocenters. The molecule has 0 saturated heterocycles. The van der Waals surface area contributed by atoms with Gasteiger partial charge in [0.05, 0.1) is 11.6 Å². The third-order valence-electron chi connectivity index (χ3n) is 2.77. The van der Waals surface area contributed by atoms with Crippen molar-refractivity contribution in [2.24, 2.45) is 0 Å². The van der Waals surface area contributed by atoms with Gasteiger partial charge >= 0.3 is 0 Å². The molecule has 0 aliphatic heterocycles. The highest BCUT2D eigenvalue weighted by atomic mass is 35.5. The second kappa shape index (κ2) is 5.69. The van der Waals surface area contributed by atoms with Crippen LogP contribution in [-0.4, -0.2) is 35.6 Å². The molecule has 18 heavy (non-hydrogen) atoms. The largest absolute Gasteiger partial charge is 0.395 e. The molecule has 0 spiro atoms. The van der Waals surface area contributed by atoms with Crippen LogP contribution in [0.1, 0.15) is 16.6 Å². The van der Waals surface area contributed by atoms with Crippen molar-refractivity contribution in [2.75, 3.05) is 19.7 Å². The van der Waals surface area contributed by atoms with Crippen molar-refractivity contribution in [3.05, 3.63) is 34.2 Å². The molecule has 5 heteroatoms. The fourth-order valence-electron chi connectivity index (χ4n) is 1.82. The number of carbonyl (C=O) groups is 1. The van der Waals surface area contributed by atoms with Crippen molar-refractivity contribution >= 4 is 38.9 Å². The second-order valence-corrected chi connectivity index (χ2v) is 5.28. The van der Waals surface area contributed by atoms with Crippen molar-refractivity contribution in [1.29, 1.82) is 0 Å². The van der Waals surface area contributed by atoms with Gasteiger partial charge in [-0.25, -0.2) is 0 Å². The van der Waals surface area contributed by atoms with E-state index < -0.39 is 0 Å². The van der Waals surface area contributed by atoms with Crippen LogP contribution >= 0.6 is 22.9 Å². The first-order valence-electron chi connectivity index (χ1n) is 5.76. The van der Waals surface area contributed by atoms with Gasteiger partial charge in [0.15, 0.2) is 0 Å². The Kier molecular flexibility index (Phi) is 4.22. The molecule has 1 heterocycles. The smallest absolute Gasteiger partial charge is 0.265 e. The summed E-state index contributed by atoms with van der Waals surface area (Å²) in [5.41, 5.74) is 0. The van der Waals surface area contributed by atoms with E-state index in [0.717, 1.165) is 10.1 Å². The van der Waals surface area contributed by atoms with E-state index in [0.29, 0.717) is 23.0 Å². The Morgan fingerprint density at radius 2 is 2.17 bits per heavy atom. The first-order chi connectivity index (χ1) is 8.69. The van der Waals surface area contributed by atoms with Gasteiger partial charge in [-0.1, -0.05) is 29.8 Å². The Bertz CT molecular complexity index is 567. The highest BCUT2D eigenvalue weighted by molar-refractivity contribution is 7.21. The Morgan fingerprint density at radius 3 is 2.78 bits per heavy atom. The number of rotatable bonds is 4. The maximum absolute atomic E-state index is 12.3. The third-order valence-corrected chi connectivity index (χ3v) is 4.43. The Hall–Kier alpha value is -1.10. The van der Waals surface area contributed by atoms with E-state index in [1.807, 2.05) is 31.2 Å². The number of hydrogen-bond acceptors (Lipinski definition) is 3. The van der Waals surface area contributed by atoms with Crippen molar-refractivity contribution in [3.63, 3.8) is 0 Å². The minimum Gasteiger partial charge on any atom is -0.395 e. The van der Waals surface area contributed by atoms with Crippen molar-refractivity contribution in [3.8, 4) is 0 Å². The maximum Gasteiger partial charge on any atom is 0.265 e. The number of fused-ring (bicyclic) bond motifs is 1. The van der Waals surface area contributed by atoms with Gasteiger partial charge in [-0.3, -0.25) is 4.79 Å². The predicted octanol–water partition coefficient (Wildman–Crippen LogP) is 3.01. The van der Waals surface area contributed by atoms with E-state index >= 15 is 0 Å². The standard InChI is InChI=1S/C13H14ClNO2S/c1-2-15(7-8-16)13(17)12-11(14)9-5-3-4-6-10(9)18-12/h3-6,16H,2,7-8H2,1H3. The number of nitrogens with zero attached hydrogens (tertiary/aromatic N) is 1. The molecule has 0 radical (unpaired) electrons. The van der Waals surface area contributed by atoms with Crippen LogP contribution in [0.4, 0.5) is 0 Å². The number of aliphatic hydroxyl groups excluding tert-OH is 1. The van der Waals surface area contributed by atoms with Gasteiger partial charge in [-0.2, -0.15) is 0 Å². The minimum absolute atomic E-state index is 0.0396. The van der Waals surface area contributed by atoms with Crippen LogP contribution in [0, 0.1) is 0 Å². The normalized spacial score (nSPS) is 10.8. The first kappa shape index (κ1) is 13.3. The van der Waals surface area contributed by atoms with Crippen LogP contribution in [0.15, 0.2) is 24.3 Å². The SMILES string of the molecule is CCN(CCO)C(=O)c1sc2ccccc2c1Cl. The molecule has 0 aliphatic carbocycles. The fourth-order valence-corrected chi connectivity index (χ4v) is 3.30. The quantitative estimate of drug-likeness (QED) is 0.937. The molecule has 2 rings (SSSR count). The molecule has 3 nitrogen and oxygen atoms in total. The molecule has 2 aromatic rings. The van der Waals surface area contributed by atoms with Crippen LogP contribution in [0.2, 0.25) is 5.02 Å². The van der Waals surface area contributed by atoms with E-state index in [1.54, 1.807) is 4.90 Å². The molecule has 1 aromatic heterocycles. The molecule has 0 fully saturated rings. The Balaban J connectivity index is 2.41. The average Bonchev–Trinajstić information content (AvgIpc) is 2.73. The van der Waals surface area contributed by atoms with Crippen LogP contribution in [-0.2, 0) is 0 Å². The van der Waals surface area contributed by atoms with Crippen molar-refractivity contribution in [1.82, 2.24) is 4.90 Å². The monoisotopic (exact) mass is 283 g/mol. The Labute approximate surface area is 115 Å². The molecule has 96 valence electrons. The van der Waals surface area contributed by atoms with Crippen LogP contribution in [0.3, 0.4) is 0 Å². The lowest BCUT2D eigenvalue weighted by molar-refractivity contribution is 0.0737. The summed E-state index contributed by atoms with van der Waals surface area (Å²) in [6, 6.07) is 7.69. The summed E-state index contributed by atoms with van der Waals surface area (Å²) in [4.78, 5) is 14.4. The lowest BCUT2D eigenvalue weighted by Crippen LogP contribution is -2.32. The summed E-state index contributed by atoms with van der Waals surface area (Å²) >= 11 is 7.65. The lowest BCUT2D eigenvalue weighted by Gasteiger charge is -2.18. The molecule has 1 aromatic carbocycles. The summed E-state index contributed by atoms with van der Waals surface area (Å²) in [6.07, 6.45) is 0. The molecule has 1 N–H and O–H groups in total. The van der Waals surface area contributed by atoms with Gasteiger partial charge in [0.25, 0.3) is 5.91 Å². The van der Waals surface area contributed by atoms with E-state index in [2.05, 4.69) is 0 Å². The minimum atomic E-state index is -0.113. The molecular weight excluding hydrogens is 270 g/mol. The summed E-state index contributed by atoms with van der Waals surface area (Å²) in [5.74, 6) is -0.113. The van der Waals surface area contributed by atoms with Gasteiger partial charge in [-0.05, 0) is 13.0 Å². The summed E-state index contributed by atoms with van der Waals surface area (Å²) in [7, 11) is 0. The number of likely N-dealkylation sites (N-methyl/N-ethyl adjacent to an activating group) is 1. The van der Waals surface area contributed by atoms with E-state index in [-0.39, 0.29) is 12.5 Å². The van der Waals surface area contributed by atoms with Gasteiger partial charge in [0.1, 0.15) is 4.88 Å². The molecule has 0 aliphatic rings. The summed E-state index contributed by atoms with van der Waals surface area (Å²) in [5, 5.41) is 10.4. The van der Waals surface area contributed by atoms with E-state index in [4.69, 9.17) is 16.7 Å². The number of carbonyl (C=O) groups excluding carboxylic acids is 1. The molecule has 1 amide bonds. The fraction of sp³-hybridized carbons (Fsp3) is 0.308. The number of aliphatic hydroxyl groups is 1. The lowest BCUT2D eigenvalue weighted by atomic mass is 10.2. The number of benzene rings is 1. The number of thiophene rings is 1. The average molecular weight is 284 g/mol. The number of halogens is 1. The third kappa shape index (κ3) is 2.36. The summed E-state index contributed by atoms with van der Waals surface area (Å²) in [6.45, 7) is 2.74. The number of amides is 1. The van der Waals surface area contributed by atoms with Gasteiger partial charge < -0.3 is 10.0 Å². The zero-order valence-corrected chi connectivity index (χ0v) is 11.6. The molecule has 0 unspecified atom stereocenters. The van der Waals surface area contributed by atoms with E-state index in [9.17, 15) is 4.79 Å². The second-order valence-electron chi connectivity index (χ2n) is 3.85. The summed E-state index contributed by atoms with van der Waals surface area (Å²) < 4.78 is 1.01. The van der Waals surface area contributed by atoms with Crippen LogP contribution in [0.25, 0.3) is 10.1 Å².